The number of pyridine rings is 2. The zero-order valence-corrected chi connectivity index (χ0v) is 13.3. The van der Waals surface area contributed by atoms with Crippen molar-refractivity contribution in [2.24, 2.45) is 0 Å². The minimum Gasteiger partial charge on any atom is -0.468 e. The number of ether oxygens (including phenoxy) is 1. The lowest BCUT2D eigenvalue weighted by atomic mass is 10.1. The van der Waals surface area contributed by atoms with Crippen molar-refractivity contribution in [2.75, 3.05) is 7.11 Å². The van der Waals surface area contributed by atoms with Crippen molar-refractivity contribution in [3.63, 3.8) is 0 Å². The second-order valence-electron chi connectivity index (χ2n) is 5.02. The standard InChI is InChI=1S/C16H15N3O2S/c1-16(2,15(20)21-3)22-14-6-7-18-10-12(14)13-5-4-11(8-17)9-19-13/h4-7,9-10H,1-3H3. The van der Waals surface area contributed by atoms with E-state index in [1.54, 1.807) is 38.4 Å². The number of nitriles is 1. The molecule has 0 aliphatic carbocycles. The number of carbonyl (C=O) groups excluding carboxylic acids is 1. The van der Waals surface area contributed by atoms with E-state index in [4.69, 9.17) is 10.00 Å². The van der Waals surface area contributed by atoms with Crippen LogP contribution in [0.3, 0.4) is 0 Å². The van der Waals surface area contributed by atoms with Gasteiger partial charge in [-0.05, 0) is 32.0 Å². The molecule has 6 heteroatoms. The molecule has 0 atom stereocenters. The molecule has 5 nitrogen and oxygen atoms in total. The van der Waals surface area contributed by atoms with Crippen LogP contribution in [0.2, 0.25) is 0 Å². The molecular weight excluding hydrogens is 298 g/mol. The van der Waals surface area contributed by atoms with E-state index >= 15 is 0 Å². The highest BCUT2D eigenvalue weighted by atomic mass is 32.2. The number of hydrogen-bond donors (Lipinski definition) is 0. The predicted octanol–water partition coefficient (Wildman–Crippen LogP) is 3.06. The summed E-state index contributed by atoms with van der Waals surface area (Å²) in [5, 5.41) is 8.84. The molecule has 0 saturated carbocycles. The summed E-state index contributed by atoms with van der Waals surface area (Å²) in [5.74, 6) is -0.298. The van der Waals surface area contributed by atoms with Gasteiger partial charge in [0.05, 0.1) is 18.4 Å². The van der Waals surface area contributed by atoms with Crippen LogP contribution in [-0.4, -0.2) is 27.8 Å². The highest BCUT2D eigenvalue weighted by Gasteiger charge is 2.31. The summed E-state index contributed by atoms with van der Waals surface area (Å²) in [6, 6.07) is 7.35. The Morgan fingerprint density at radius 1 is 1.32 bits per heavy atom. The minimum absolute atomic E-state index is 0.298. The molecule has 0 radical (unpaired) electrons. The van der Waals surface area contributed by atoms with Crippen molar-refractivity contribution in [1.82, 2.24) is 9.97 Å². The van der Waals surface area contributed by atoms with Gasteiger partial charge in [-0.3, -0.25) is 14.8 Å². The second-order valence-corrected chi connectivity index (χ2v) is 6.68. The topological polar surface area (TPSA) is 75.9 Å². The fourth-order valence-electron chi connectivity index (χ4n) is 1.84. The summed E-state index contributed by atoms with van der Waals surface area (Å²) in [6.07, 6.45) is 4.88. The number of rotatable bonds is 4. The number of thioether (sulfide) groups is 1. The summed E-state index contributed by atoms with van der Waals surface area (Å²) in [5.41, 5.74) is 2.01. The van der Waals surface area contributed by atoms with Gasteiger partial charge in [0.15, 0.2) is 0 Å². The Balaban J connectivity index is 2.38. The van der Waals surface area contributed by atoms with E-state index in [2.05, 4.69) is 9.97 Å². The summed E-state index contributed by atoms with van der Waals surface area (Å²) in [4.78, 5) is 21.1. The van der Waals surface area contributed by atoms with Crippen LogP contribution in [0.4, 0.5) is 0 Å². The monoisotopic (exact) mass is 313 g/mol. The molecule has 2 heterocycles. The van der Waals surface area contributed by atoms with Gasteiger partial charge in [-0.15, -0.1) is 11.8 Å². The number of carbonyl (C=O) groups is 1. The molecule has 0 saturated heterocycles. The highest BCUT2D eigenvalue weighted by Crippen LogP contribution is 2.38. The molecule has 0 spiro atoms. The van der Waals surface area contributed by atoms with E-state index < -0.39 is 4.75 Å². The van der Waals surface area contributed by atoms with E-state index in [9.17, 15) is 4.79 Å². The Morgan fingerprint density at radius 2 is 2.09 bits per heavy atom. The smallest absolute Gasteiger partial charge is 0.321 e. The van der Waals surface area contributed by atoms with Crippen LogP contribution in [0.25, 0.3) is 11.3 Å². The van der Waals surface area contributed by atoms with Crippen molar-refractivity contribution in [2.45, 2.75) is 23.5 Å². The van der Waals surface area contributed by atoms with Crippen molar-refractivity contribution < 1.29 is 9.53 Å². The lowest BCUT2D eigenvalue weighted by Crippen LogP contribution is -2.28. The molecule has 0 bridgehead atoms. The molecule has 2 aromatic heterocycles. The maximum Gasteiger partial charge on any atom is 0.321 e. The Morgan fingerprint density at radius 3 is 2.68 bits per heavy atom. The van der Waals surface area contributed by atoms with Gasteiger partial charge in [0.1, 0.15) is 10.8 Å². The van der Waals surface area contributed by atoms with Gasteiger partial charge in [-0.1, -0.05) is 0 Å². The van der Waals surface area contributed by atoms with E-state index in [-0.39, 0.29) is 5.97 Å². The first-order valence-electron chi connectivity index (χ1n) is 6.56. The zero-order chi connectivity index (χ0) is 16.2. The molecule has 0 amide bonds. The first-order valence-corrected chi connectivity index (χ1v) is 7.37. The normalized spacial score (nSPS) is 10.8. The van der Waals surface area contributed by atoms with Crippen LogP contribution in [0.15, 0.2) is 41.7 Å². The van der Waals surface area contributed by atoms with Crippen LogP contribution in [-0.2, 0) is 9.53 Å². The van der Waals surface area contributed by atoms with E-state index in [1.165, 1.54) is 25.1 Å². The van der Waals surface area contributed by atoms with Gasteiger partial charge >= 0.3 is 5.97 Å². The average molecular weight is 313 g/mol. The van der Waals surface area contributed by atoms with Crippen molar-refractivity contribution in [3.05, 3.63) is 42.4 Å². The second kappa shape index (κ2) is 6.58. The van der Waals surface area contributed by atoms with Crippen LogP contribution in [0, 0.1) is 11.3 Å². The van der Waals surface area contributed by atoms with Crippen LogP contribution in [0.1, 0.15) is 19.4 Å². The summed E-state index contributed by atoms with van der Waals surface area (Å²) in [7, 11) is 1.38. The number of methoxy groups -OCH3 is 1. The first kappa shape index (κ1) is 16.0. The third kappa shape index (κ3) is 3.43. The summed E-state index contributed by atoms with van der Waals surface area (Å²) >= 11 is 1.39. The number of esters is 1. The Bertz CT molecular complexity index is 721. The first-order chi connectivity index (χ1) is 10.5. The van der Waals surface area contributed by atoms with Gasteiger partial charge in [-0.25, -0.2) is 0 Å². The minimum atomic E-state index is -0.725. The Kier molecular flexibility index (Phi) is 4.78. The summed E-state index contributed by atoms with van der Waals surface area (Å²) in [6.45, 7) is 3.61. The molecule has 112 valence electrons. The van der Waals surface area contributed by atoms with Gasteiger partial charge < -0.3 is 4.74 Å². The van der Waals surface area contributed by atoms with Gasteiger partial charge in [0.2, 0.25) is 0 Å². The molecule has 0 aliphatic rings. The van der Waals surface area contributed by atoms with Gasteiger partial charge in [0, 0.05) is 29.0 Å². The fraction of sp³-hybridized carbons (Fsp3) is 0.250. The third-order valence-electron chi connectivity index (χ3n) is 2.99. The van der Waals surface area contributed by atoms with Crippen molar-refractivity contribution in [3.8, 4) is 17.3 Å². The molecule has 0 N–H and O–H groups in total. The predicted molar refractivity (Wildman–Crippen MR) is 84.1 cm³/mol. The maximum absolute atomic E-state index is 11.9. The summed E-state index contributed by atoms with van der Waals surface area (Å²) < 4.78 is 4.11. The lowest BCUT2D eigenvalue weighted by Gasteiger charge is -2.22. The fourth-order valence-corrected chi connectivity index (χ4v) is 2.96. The average Bonchev–Trinajstić information content (AvgIpc) is 2.54. The Hall–Kier alpha value is -2.39. The van der Waals surface area contributed by atoms with Gasteiger partial charge in [-0.2, -0.15) is 5.26 Å². The van der Waals surface area contributed by atoms with Crippen molar-refractivity contribution >= 4 is 17.7 Å². The largest absolute Gasteiger partial charge is 0.468 e. The van der Waals surface area contributed by atoms with Crippen LogP contribution < -0.4 is 0 Å². The van der Waals surface area contributed by atoms with Crippen LogP contribution in [0.5, 0.6) is 0 Å². The van der Waals surface area contributed by atoms with Crippen LogP contribution >= 0.6 is 11.8 Å². The van der Waals surface area contributed by atoms with Gasteiger partial charge in [0.25, 0.3) is 0 Å². The molecule has 0 unspecified atom stereocenters. The molecular formula is C16H15N3O2S. The molecule has 0 aliphatic heterocycles. The molecule has 2 aromatic rings. The Labute approximate surface area is 133 Å². The van der Waals surface area contributed by atoms with Crippen molar-refractivity contribution in [1.29, 1.82) is 5.26 Å². The van der Waals surface area contributed by atoms with E-state index in [0.29, 0.717) is 11.3 Å². The molecule has 0 fully saturated rings. The maximum atomic E-state index is 11.9. The number of nitrogens with zero attached hydrogens (tertiary/aromatic N) is 3. The van der Waals surface area contributed by atoms with E-state index in [1.807, 2.05) is 12.1 Å². The molecule has 0 aromatic carbocycles. The third-order valence-corrected chi connectivity index (χ3v) is 4.24. The SMILES string of the molecule is COC(=O)C(C)(C)Sc1ccncc1-c1ccc(C#N)cn1. The highest BCUT2D eigenvalue weighted by molar-refractivity contribution is 8.01. The molecule has 2 rings (SSSR count). The number of aromatic nitrogens is 2. The molecule has 22 heavy (non-hydrogen) atoms. The van der Waals surface area contributed by atoms with E-state index in [0.717, 1.165) is 10.5 Å². The quantitative estimate of drug-likeness (QED) is 0.638. The number of hydrogen-bond acceptors (Lipinski definition) is 6. The lowest BCUT2D eigenvalue weighted by molar-refractivity contribution is -0.142. The zero-order valence-electron chi connectivity index (χ0n) is 12.5.